The van der Waals surface area contributed by atoms with E-state index in [1.54, 1.807) is 7.05 Å². The van der Waals surface area contributed by atoms with Crippen molar-refractivity contribution in [3.63, 3.8) is 0 Å². The Labute approximate surface area is 79.3 Å². The van der Waals surface area contributed by atoms with Gasteiger partial charge in [-0.1, -0.05) is 11.8 Å². The van der Waals surface area contributed by atoms with Crippen molar-refractivity contribution in [2.45, 2.75) is 11.6 Å². The molecule has 6 heteroatoms. The maximum atomic E-state index is 10.9. The highest BCUT2D eigenvalue weighted by Crippen LogP contribution is 2.12. The summed E-state index contributed by atoms with van der Waals surface area (Å²) in [6, 6.07) is 0. The molecule has 0 aliphatic rings. The second-order valence-electron chi connectivity index (χ2n) is 2.26. The number of nitrogens with zero attached hydrogens (tertiary/aromatic N) is 2. The molecule has 0 aliphatic carbocycles. The molecular formula is C6H10ClN3OS. The van der Waals surface area contributed by atoms with Crippen molar-refractivity contribution in [2.24, 2.45) is 7.05 Å². The van der Waals surface area contributed by atoms with Gasteiger partial charge < -0.3 is 0 Å². The quantitative estimate of drug-likeness (QED) is 0.452. The highest BCUT2D eigenvalue weighted by molar-refractivity contribution is 7.99. The lowest BCUT2D eigenvalue weighted by molar-refractivity contribution is 0.765. The van der Waals surface area contributed by atoms with E-state index in [1.165, 1.54) is 16.3 Å². The SMILES string of the molecule is Cn1c(SCCCCl)n[nH]c1=O. The topological polar surface area (TPSA) is 50.7 Å². The highest BCUT2D eigenvalue weighted by atomic mass is 35.5. The predicted molar refractivity (Wildman–Crippen MR) is 49.9 cm³/mol. The number of aromatic nitrogens is 3. The molecule has 0 amide bonds. The van der Waals surface area contributed by atoms with Crippen molar-refractivity contribution >= 4 is 23.4 Å². The fraction of sp³-hybridized carbons (Fsp3) is 0.667. The van der Waals surface area contributed by atoms with E-state index in [4.69, 9.17) is 11.6 Å². The normalized spacial score (nSPS) is 10.5. The highest BCUT2D eigenvalue weighted by Gasteiger charge is 2.02. The number of aromatic amines is 1. The molecule has 1 aromatic rings. The zero-order valence-electron chi connectivity index (χ0n) is 6.71. The Morgan fingerprint density at radius 1 is 1.75 bits per heavy atom. The second-order valence-corrected chi connectivity index (χ2v) is 3.70. The van der Waals surface area contributed by atoms with E-state index in [0.717, 1.165) is 12.2 Å². The van der Waals surface area contributed by atoms with Crippen LogP contribution < -0.4 is 5.69 Å². The van der Waals surface area contributed by atoms with Gasteiger partial charge in [0.05, 0.1) is 0 Å². The lowest BCUT2D eigenvalue weighted by Gasteiger charge is -1.96. The van der Waals surface area contributed by atoms with Crippen LogP contribution in [0.1, 0.15) is 6.42 Å². The van der Waals surface area contributed by atoms with E-state index in [0.29, 0.717) is 11.0 Å². The summed E-state index contributed by atoms with van der Waals surface area (Å²) < 4.78 is 1.49. The molecule has 0 saturated carbocycles. The summed E-state index contributed by atoms with van der Waals surface area (Å²) in [4.78, 5) is 10.9. The molecule has 68 valence electrons. The van der Waals surface area contributed by atoms with Gasteiger partial charge in [-0.25, -0.2) is 9.89 Å². The van der Waals surface area contributed by atoms with Gasteiger partial charge in [0, 0.05) is 18.7 Å². The average Bonchev–Trinajstić information content (AvgIpc) is 2.36. The van der Waals surface area contributed by atoms with E-state index in [-0.39, 0.29) is 5.69 Å². The predicted octanol–water partition coefficient (Wildman–Crippen LogP) is 0.829. The molecule has 0 unspecified atom stereocenters. The molecule has 1 heterocycles. The molecular weight excluding hydrogens is 198 g/mol. The summed E-state index contributed by atoms with van der Waals surface area (Å²) in [6.07, 6.45) is 0.924. The van der Waals surface area contributed by atoms with Crippen molar-refractivity contribution in [1.29, 1.82) is 0 Å². The number of rotatable bonds is 4. The van der Waals surface area contributed by atoms with Crippen LogP contribution in [0.15, 0.2) is 9.95 Å². The first-order valence-electron chi connectivity index (χ1n) is 3.56. The summed E-state index contributed by atoms with van der Waals surface area (Å²) >= 11 is 7.03. The molecule has 1 aromatic heterocycles. The van der Waals surface area contributed by atoms with Gasteiger partial charge in [-0.2, -0.15) is 0 Å². The number of halogens is 1. The number of alkyl halides is 1. The van der Waals surface area contributed by atoms with Gasteiger partial charge in [-0.3, -0.25) is 4.57 Å². The molecule has 1 N–H and O–H groups in total. The number of hydrogen-bond acceptors (Lipinski definition) is 3. The number of hydrogen-bond donors (Lipinski definition) is 1. The Morgan fingerprint density at radius 2 is 2.50 bits per heavy atom. The van der Waals surface area contributed by atoms with Crippen molar-refractivity contribution < 1.29 is 0 Å². The van der Waals surface area contributed by atoms with E-state index in [1.807, 2.05) is 0 Å². The standard InChI is InChI=1S/C6H10ClN3OS/c1-10-5(11)8-9-6(10)12-4-2-3-7/h2-4H2,1H3,(H,8,11). The van der Waals surface area contributed by atoms with Crippen LogP contribution in [-0.2, 0) is 7.05 Å². The van der Waals surface area contributed by atoms with Crippen LogP contribution in [0.4, 0.5) is 0 Å². The van der Waals surface area contributed by atoms with Gasteiger partial charge in [-0.05, 0) is 6.42 Å². The Balaban J connectivity index is 2.52. The lowest BCUT2D eigenvalue weighted by Crippen LogP contribution is -2.12. The average molecular weight is 208 g/mol. The Bertz CT molecular complexity index is 295. The molecule has 0 bridgehead atoms. The van der Waals surface area contributed by atoms with Crippen molar-refractivity contribution in [1.82, 2.24) is 14.8 Å². The first-order chi connectivity index (χ1) is 5.75. The minimum Gasteiger partial charge on any atom is -0.273 e. The molecule has 0 radical (unpaired) electrons. The van der Waals surface area contributed by atoms with Crippen LogP contribution in [0, 0.1) is 0 Å². The molecule has 1 rings (SSSR count). The minimum absolute atomic E-state index is 0.177. The van der Waals surface area contributed by atoms with Gasteiger partial charge in [0.2, 0.25) is 0 Å². The minimum atomic E-state index is -0.177. The summed E-state index contributed by atoms with van der Waals surface area (Å²) in [7, 11) is 1.69. The maximum absolute atomic E-state index is 10.9. The summed E-state index contributed by atoms with van der Waals surface area (Å²) in [5.74, 6) is 1.53. The van der Waals surface area contributed by atoms with Crippen LogP contribution in [0.2, 0.25) is 0 Å². The fourth-order valence-electron chi connectivity index (χ4n) is 0.680. The van der Waals surface area contributed by atoms with E-state index >= 15 is 0 Å². The Kier molecular flexibility index (Phi) is 3.68. The molecule has 4 nitrogen and oxygen atoms in total. The molecule has 0 saturated heterocycles. The molecule has 12 heavy (non-hydrogen) atoms. The number of H-pyrrole nitrogens is 1. The van der Waals surface area contributed by atoms with Crippen molar-refractivity contribution in [3.8, 4) is 0 Å². The van der Waals surface area contributed by atoms with Gasteiger partial charge in [0.15, 0.2) is 5.16 Å². The van der Waals surface area contributed by atoms with Crippen LogP contribution in [0.3, 0.4) is 0 Å². The monoisotopic (exact) mass is 207 g/mol. The van der Waals surface area contributed by atoms with Crippen molar-refractivity contribution in [3.05, 3.63) is 10.5 Å². The zero-order valence-corrected chi connectivity index (χ0v) is 8.28. The van der Waals surface area contributed by atoms with Crippen LogP contribution >= 0.6 is 23.4 Å². The van der Waals surface area contributed by atoms with Crippen LogP contribution in [0.5, 0.6) is 0 Å². The second kappa shape index (κ2) is 4.57. The Morgan fingerprint density at radius 3 is 3.00 bits per heavy atom. The summed E-state index contributed by atoms with van der Waals surface area (Å²) in [5, 5.41) is 6.91. The van der Waals surface area contributed by atoms with E-state index in [2.05, 4.69) is 10.2 Å². The molecule has 0 spiro atoms. The maximum Gasteiger partial charge on any atom is 0.343 e. The third-order valence-electron chi connectivity index (χ3n) is 1.35. The fourth-order valence-corrected chi connectivity index (χ4v) is 1.83. The first kappa shape index (κ1) is 9.67. The van der Waals surface area contributed by atoms with Gasteiger partial charge in [0.1, 0.15) is 0 Å². The number of nitrogens with one attached hydrogen (secondary N) is 1. The third kappa shape index (κ3) is 2.28. The van der Waals surface area contributed by atoms with E-state index < -0.39 is 0 Å². The first-order valence-corrected chi connectivity index (χ1v) is 5.08. The number of thioether (sulfide) groups is 1. The molecule has 0 aliphatic heterocycles. The van der Waals surface area contributed by atoms with Gasteiger partial charge >= 0.3 is 5.69 Å². The zero-order chi connectivity index (χ0) is 8.97. The molecule has 0 aromatic carbocycles. The van der Waals surface area contributed by atoms with Crippen molar-refractivity contribution in [2.75, 3.05) is 11.6 Å². The summed E-state index contributed by atoms with van der Waals surface area (Å²) in [6.45, 7) is 0. The van der Waals surface area contributed by atoms with Gasteiger partial charge in [0.25, 0.3) is 0 Å². The van der Waals surface area contributed by atoms with Gasteiger partial charge in [-0.15, -0.1) is 16.7 Å². The smallest absolute Gasteiger partial charge is 0.273 e. The van der Waals surface area contributed by atoms with Crippen LogP contribution in [-0.4, -0.2) is 26.4 Å². The van der Waals surface area contributed by atoms with Crippen LogP contribution in [0.25, 0.3) is 0 Å². The summed E-state index contributed by atoms with van der Waals surface area (Å²) in [5.41, 5.74) is -0.177. The Hall–Kier alpha value is -0.420. The third-order valence-corrected chi connectivity index (χ3v) is 2.73. The largest absolute Gasteiger partial charge is 0.343 e. The molecule has 0 atom stereocenters. The lowest BCUT2D eigenvalue weighted by atomic mass is 10.6. The molecule has 0 fully saturated rings. The van der Waals surface area contributed by atoms with E-state index in [9.17, 15) is 4.79 Å².